The summed E-state index contributed by atoms with van der Waals surface area (Å²) < 4.78 is 99.0. The van der Waals surface area contributed by atoms with Crippen molar-refractivity contribution in [1.29, 1.82) is 0 Å². The van der Waals surface area contributed by atoms with Gasteiger partial charge in [-0.05, 0) is 34.9 Å². The maximum atomic E-state index is 8.61. The van der Waals surface area contributed by atoms with E-state index in [-0.39, 0.29) is 17.4 Å². The van der Waals surface area contributed by atoms with Crippen molar-refractivity contribution in [3.63, 3.8) is 0 Å². The van der Waals surface area contributed by atoms with Crippen molar-refractivity contribution in [2.45, 2.75) is 46.5 Å². The van der Waals surface area contributed by atoms with E-state index >= 15 is 0 Å². The lowest BCUT2D eigenvalue weighted by Gasteiger charge is -2.33. The van der Waals surface area contributed by atoms with Crippen molar-refractivity contribution >= 4 is 0 Å². The number of ether oxygens (including phenoxy) is 18. The second-order valence-corrected chi connectivity index (χ2v) is 17.1. The van der Waals surface area contributed by atoms with Crippen molar-refractivity contribution in [2.75, 3.05) is 238 Å². The molecule has 0 radical (unpaired) electrons. The molecule has 0 aliphatic carbocycles. The van der Waals surface area contributed by atoms with Crippen LogP contribution in [-0.2, 0) is 85.9 Å². The lowest BCUT2D eigenvalue weighted by Crippen LogP contribution is -2.24. The van der Waals surface area contributed by atoms with E-state index in [1.807, 2.05) is 12.1 Å². The second-order valence-electron chi connectivity index (χ2n) is 17.1. The summed E-state index contributed by atoms with van der Waals surface area (Å²) >= 11 is 0. The third-order valence-electron chi connectivity index (χ3n) is 9.29. The first-order valence-corrected chi connectivity index (χ1v) is 24.9. The fourth-order valence-electron chi connectivity index (χ4n) is 6.33. The van der Waals surface area contributed by atoms with Crippen LogP contribution in [0.1, 0.15) is 46.6 Å². The smallest absolute Gasteiger partial charge is 0.119 e. The van der Waals surface area contributed by atoms with Crippen LogP contribution in [0, 0.1) is 5.41 Å². The second kappa shape index (κ2) is 49.9. The number of rotatable bonds is 56. The maximum absolute atomic E-state index is 8.61. The molecule has 0 bridgehead atoms. The summed E-state index contributed by atoms with van der Waals surface area (Å²) in [5.41, 5.74) is 1.72. The fraction of sp³-hybridized carbons (Fsp3) is 0.880. The predicted octanol–water partition coefficient (Wildman–Crippen LogP) is 4.05. The van der Waals surface area contributed by atoms with E-state index in [4.69, 9.17) is 90.4 Å². The van der Waals surface area contributed by atoms with E-state index in [1.165, 1.54) is 5.56 Å². The van der Waals surface area contributed by atoms with Crippen LogP contribution in [0.5, 0.6) is 5.75 Å². The molecule has 0 spiro atoms. The third kappa shape index (κ3) is 48.3. The van der Waals surface area contributed by atoms with Crippen LogP contribution in [0.2, 0.25) is 0 Å². The highest BCUT2D eigenvalue weighted by Crippen LogP contribution is 2.36. The molecule has 0 fully saturated rings. The Morgan fingerprint density at radius 1 is 0.275 bits per heavy atom. The van der Waals surface area contributed by atoms with E-state index < -0.39 is 0 Å². The molecule has 0 amide bonds. The van der Waals surface area contributed by atoms with Crippen LogP contribution in [-0.4, -0.2) is 243 Å². The Bertz CT molecular complexity index is 1160. The zero-order valence-electron chi connectivity index (χ0n) is 43.3. The molecule has 0 aliphatic heterocycles. The Labute approximate surface area is 414 Å². The molecule has 19 nitrogen and oxygen atoms in total. The van der Waals surface area contributed by atoms with Crippen molar-refractivity contribution in [3.8, 4) is 5.75 Å². The van der Waals surface area contributed by atoms with Gasteiger partial charge in [0, 0.05) is 0 Å². The molecule has 1 aromatic carbocycles. The largest absolute Gasteiger partial charge is 0.491 e. The van der Waals surface area contributed by atoms with E-state index in [1.54, 1.807) is 0 Å². The van der Waals surface area contributed by atoms with Gasteiger partial charge in [-0.3, -0.25) is 0 Å². The predicted molar refractivity (Wildman–Crippen MR) is 260 cm³/mol. The van der Waals surface area contributed by atoms with Gasteiger partial charge in [0.25, 0.3) is 0 Å². The molecular weight excluding hydrogens is 905 g/mol. The summed E-state index contributed by atoms with van der Waals surface area (Å²) in [7, 11) is 0. The van der Waals surface area contributed by atoms with Gasteiger partial charge in [0.1, 0.15) is 12.4 Å². The Balaban J connectivity index is 1.65. The van der Waals surface area contributed by atoms with Gasteiger partial charge in [-0.25, -0.2) is 0 Å². The zero-order chi connectivity index (χ0) is 49.9. The average molecular weight is 999 g/mol. The number of aliphatic hydroxyl groups excluding tert-OH is 1. The molecule has 1 N–H and O–H groups in total. The Morgan fingerprint density at radius 2 is 0.464 bits per heavy atom. The molecule has 69 heavy (non-hydrogen) atoms. The molecule has 1 aromatic rings. The highest BCUT2D eigenvalue weighted by Gasteiger charge is 2.27. The summed E-state index contributed by atoms with van der Waals surface area (Å²) in [6.45, 7) is 28.6. The van der Waals surface area contributed by atoms with Gasteiger partial charge in [-0.1, -0.05) is 46.8 Å². The molecule has 0 aromatic heterocycles. The standard InChI is InChI=1S/C50H94O19/c1-49(2,3)46-50(4,5)47-6-8-48(9-7-47)69-45-44-68-43-42-67-41-40-66-39-38-65-37-36-64-35-34-63-33-32-62-31-30-61-29-28-60-27-26-59-25-24-58-23-22-57-21-20-56-19-18-55-17-16-54-15-14-53-13-12-52-11-10-51/h6-9,51H,10-46H2,1-5H3. The molecular formula is C50H94O19. The van der Waals surface area contributed by atoms with Crippen LogP contribution in [0.3, 0.4) is 0 Å². The number of hydrogen-bond acceptors (Lipinski definition) is 19. The van der Waals surface area contributed by atoms with E-state index in [0.717, 1.165) is 12.2 Å². The van der Waals surface area contributed by atoms with Gasteiger partial charge < -0.3 is 90.4 Å². The topological polar surface area (TPSA) is 186 Å². The van der Waals surface area contributed by atoms with E-state index in [0.29, 0.717) is 231 Å². The van der Waals surface area contributed by atoms with Crippen LogP contribution in [0.25, 0.3) is 0 Å². The van der Waals surface area contributed by atoms with Gasteiger partial charge in [0.05, 0.1) is 231 Å². The third-order valence-corrected chi connectivity index (χ3v) is 9.29. The lowest BCUT2D eigenvalue weighted by molar-refractivity contribution is -0.0309. The van der Waals surface area contributed by atoms with Crippen LogP contribution < -0.4 is 4.74 Å². The summed E-state index contributed by atoms with van der Waals surface area (Å²) in [6.07, 6.45) is 1.11. The van der Waals surface area contributed by atoms with Crippen molar-refractivity contribution < 1.29 is 90.4 Å². The van der Waals surface area contributed by atoms with Crippen molar-refractivity contribution in [1.82, 2.24) is 0 Å². The summed E-state index contributed by atoms with van der Waals surface area (Å²) in [4.78, 5) is 0. The molecule has 0 saturated heterocycles. The van der Waals surface area contributed by atoms with Crippen LogP contribution >= 0.6 is 0 Å². The fourth-order valence-corrected chi connectivity index (χ4v) is 6.33. The zero-order valence-corrected chi connectivity index (χ0v) is 43.3. The Kier molecular flexibility index (Phi) is 47.2. The lowest BCUT2D eigenvalue weighted by atomic mass is 9.72. The maximum Gasteiger partial charge on any atom is 0.119 e. The highest BCUT2D eigenvalue weighted by atomic mass is 16.6. The van der Waals surface area contributed by atoms with Crippen molar-refractivity contribution in [3.05, 3.63) is 29.8 Å². The quantitative estimate of drug-likeness (QED) is 0.0921. The van der Waals surface area contributed by atoms with Crippen LogP contribution in [0.15, 0.2) is 24.3 Å². The van der Waals surface area contributed by atoms with Gasteiger partial charge in [0.2, 0.25) is 0 Å². The number of hydrogen-bond donors (Lipinski definition) is 1. The monoisotopic (exact) mass is 999 g/mol. The Morgan fingerprint density at radius 3 is 0.652 bits per heavy atom. The van der Waals surface area contributed by atoms with Gasteiger partial charge in [-0.2, -0.15) is 0 Å². The first-order chi connectivity index (χ1) is 33.7. The SMILES string of the molecule is CC(C)(C)CC(C)(C)c1ccc(OCCOCCOCCOCCOCCOCCOCCOCCOCCOCCOCCOCCOCCOCCOCCOCCOCCOCCO)cc1. The molecule has 0 heterocycles. The number of benzene rings is 1. The molecule has 0 aliphatic rings. The van der Waals surface area contributed by atoms with E-state index in [2.05, 4.69) is 46.8 Å². The first-order valence-electron chi connectivity index (χ1n) is 24.9. The molecule has 19 heteroatoms. The normalized spacial score (nSPS) is 12.1. The summed E-state index contributed by atoms with van der Waals surface area (Å²) in [5.74, 6) is 0.856. The van der Waals surface area contributed by atoms with Crippen molar-refractivity contribution in [2.24, 2.45) is 5.41 Å². The molecule has 0 saturated carbocycles. The Hall–Kier alpha value is -1.70. The first kappa shape index (κ1) is 65.3. The molecule has 408 valence electrons. The van der Waals surface area contributed by atoms with Crippen LogP contribution in [0.4, 0.5) is 0 Å². The van der Waals surface area contributed by atoms with Gasteiger partial charge in [-0.15, -0.1) is 0 Å². The number of aliphatic hydroxyl groups is 1. The molecule has 0 atom stereocenters. The highest BCUT2D eigenvalue weighted by molar-refractivity contribution is 5.31. The van der Waals surface area contributed by atoms with Gasteiger partial charge >= 0.3 is 0 Å². The average Bonchev–Trinajstić information content (AvgIpc) is 3.32. The minimum atomic E-state index is 0.0202. The van der Waals surface area contributed by atoms with E-state index in [9.17, 15) is 0 Å². The van der Waals surface area contributed by atoms with Gasteiger partial charge in [0.15, 0.2) is 0 Å². The minimum absolute atomic E-state index is 0.0202. The minimum Gasteiger partial charge on any atom is -0.491 e. The summed E-state index contributed by atoms with van der Waals surface area (Å²) in [6, 6.07) is 8.41. The summed E-state index contributed by atoms with van der Waals surface area (Å²) in [5, 5.41) is 8.61. The molecule has 0 unspecified atom stereocenters. The molecule has 1 rings (SSSR count).